The SMILES string of the molecule is CNc1cc2c(c3c1OC(C)(C)C3)C(c1ccccc1)=NC(C)(C)C2.Cl. The van der Waals surface area contributed by atoms with Gasteiger partial charge in [0.15, 0.2) is 0 Å². The Balaban J connectivity index is 0.00000196. The molecule has 138 valence electrons. The van der Waals surface area contributed by atoms with Gasteiger partial charge in [-0.05, 0) is 45.7 Å². The van der Waals surface area contributed by atoms with E-state index in [0.717, 1.165) is 30.0 Å². The number of ether oxygens (including phenoxy) is 1. The second kappa shape index (κ2) is 6.31. The molecule has 2 heterocycles. The summed E-state index contributed by atoms with van der Waals surface area (Å²) in [4.78, 5) is 5.15. The molecule has 0 radical (unpaired) electrons. The molecule has 2 aromatic rings. The molecule has 3 nitrogen and oxygen atoms in total. The van der Waals surface area contributed by atoms with Gasteiger partial charge in [0.05, 0.1) is 16.9 Å². The molecule has 0 atom stereocenters. The molecule has 2 aromatic carbocycles. The Hall–Kier alpha value is -2.00. The second-order valence-corrected chi connectivity index (χ2v) is 8.37. The van der Waals surface area contributed by atoms with Gasteiger partial charge < -0.3 is 10.1 Å². The van der Waals surface area contributed by atoms with Crippen LogP contribution in [-0.4, -0.2) is 23.9 Å². The van der Waals surface area contributed by atoms with E-state index in [2.05, 4.69) is 69.4 Å². The van der Waals surface area contributed by atoms with Crippen LogP contribution in [0.15, 0.2) is 41.4 Å². The molecule has 0 aliphatic carbocycles. The lowest BCUT2D eigenvalue weighted by molar-refractivity contribution is 0.139. The molecular formula is C22H27ClN2O. The van der Waals surface area contributed by atoms with Gasteiger partial charge in [0.1, 0.15) is 11.4 Å². The molecule has 1 N–H and O–H groups in total. The molecule has 4 heteroatoms. The van der Waals surface area contributed by atoms with Crippen molar-refractivity contribution >= 4 is 23.8 Å². The maximum Gasteiger partial charge on any atom is 0.147 e. The number of aliphatic imine (C=N–C) groups is 1. The monoisotopic (exact) mass is 370 g/mol. The predicted octanol–water partition coefficient (Wildman–Crippen LogP) is 5.04. The topological polar surface area (TPSA) is 33.6 Å². The Morgan fingerprint density at radius 2 is 1.73 bits per heavy atom. The van der Waals surface area contributed by atoms with Gasteiger partial charge in [0.2, 0.25) is 0 Å². The first-order valence-electron chi connectivity index (χ1n) is 9.01. The van der Waals surface area contributed by atoms with E-state index in [4.69, 9.17) is 9.73 Å². The number of hydrogen-bond acceptors (Lipinski definition) is 3. The molecule has 0 aromatic heterocycles. The first kappa shape index (κ1) is 18.8. The van der Waals surface area contributed by atoms with E-state index in [1.165, 1.54) is 22.3 Å². The summed E-state index contributed by atoms with van der Waals surface area (Å²) in [6, 6.07) is 12.8. The lowest BCUT2D eigenvalue weighted by Crippen LogP contribution is -2.30. The zero-order chi connectivity index (χ0) is 17.8. The molecule has 0 unspecified atom stereocenters. The Morgan fingerprint density at radius 3 is 2.38 bits per heavy atom. The summed E-state index contributed by atoms with van der Waals surface area (Å²) < 4.78 is 6.30. The molecule has 0 fully saturated rings. The first-order valence-corrected chi connectivity index (χ1v) is 9.01. The molecular weight excluding hydrogens is 344 g/mol. The van der Waals surface area contributed by atoms with Crippen molar-refractivity contribution < 1.29 is 4.74 Å². The minimum Gasteiger partial charge on any atom is -0.485 e. The minimum atomic E-state index is -0.183. The molecule has 2 aliphatic rings. The highest BCUT2D eigenvalue weighted by Crippen LogP contribution is 2.46. The lowest BCUT2D eigenvalue weighted by atomic mass is 9.81. The summed E-state index contributed by atoms with van der Waals surface area (Å²) in [7, 11) is 1.97. The summed E-state index contributed by atoms with van der Waals surface area (Å²) in [6.07, 6.45) is 1.85. The van der Waals surface area contributed by atoms with Crippen LogP contribution in [0.3, 0.4) is 0 Å². The van der Waals surface area contributed by atoms with Crippen LogP contribution < -0.4 is 10.1 Å². The highest BCUT2D eigenvalue weighted by atomic mass is 35.5. The third kappa shape index (κ3) is 3.09. The summed E-state index contributed by atoms with van der Waals surface area (Å²) in [5, 5.41) is 3.33. The van der Waals surface area contributed by atoms with E-state index < -0.39 is 0 Å². The number of nitrogens with zero attached hydrogens (tertiary/aromatic N) is 1. The van der Waals surface area contributed by atoms with Gasteiger partial charge in [-0.2, -0.15) is 0 Å². The maximum absolute atomic E-state index is 6.30. The fourth-order valence-corrected chi connectivity index (χ4v) is 4.09. The van der Waals surface area contributed by atoms with Crippen molar-refractivity contribution in [3.8, 4) is 5.75 Å². The van der Waals surface area contributed by atoms with Crippen molar-refractivity contribution in [1.82, 2.24) is 0 Å². The highest BCUT2D eigenvalue weighted by molar-refractivity contribution is 6.16. The fraction of sp³-hybridized carbons (Fsp3) is 0.409. The molecule has 26 heavy (non-hydrogen) atoms. The Labute approximate surface area is 162 Å². The van der Waals surface area contributed by atoms with Gasteiger partial charge in [0, 0.05) is 30.2 Å². The number of hydrogen-bond donors (Lipinski definition) is 1. The Bertz CT molecular complexity index is 869. The van der Waals surface area contributed by atoms with Crippen molar-refractivity contribution in [2.24, 2.45) is 4.99 Å². The van der Waals surface area contributed by atoms with E-state index in [1.807, 2.05) is 7.05 Å². The number of fused-ring (bicyclic) bond motifs is 3. The van der Waals surface area contributed by atoms with Crippen molar-refractivity contribution in [2.45, 2.75) is 51.7 Å². The van der Waals surface area contributed by atoms with E-state index in [1.54, 1.807) is 0 Å². The molecule has 4 rings (SSSR count). The van der Waals surface area contributed by atoms with Crippen LogP contribution in [0, 0.1) is 0 Å². The Morgan fingerprint density at radius 1 is 1.04 bits per heavy atom. The molecule has 2 aliphatic heterocycles. The van der Waals surface area contributed by atoms with Crippen molar-refractivity contribution in [3.05, 3.63) is 58.7 Å². The fourth-order valence-electron chi connectivity index (χ4n) is 4.09. The standard InChI is InChI=1S/C22H26N2O.ClH/c1-21(2)12-15-11-17(23-5)20-16(13-22(3,4)25-20)18(15)19(24-21)14-9-7-6-8-10-14;/h6-11,23H,12-13H2,1-5H3;1H. The minimum absolute atomic E-state index is 0. The van der Waals surface area contributed by atoms with Crippen molar-refractivity contribution in [2.75, 3.05) is 12.4 Å². The average molecular weight is 371 g/mol. The van der Waals surface area contributed by atoms with Gasteiger partial charge in [0.25, 0.3) is 0 Å². The number of nitrogens with one attached hydrogen (secondary N) is 1. The smallest absolute Gasteiger partial charge is 0.147 e. The molecule has 0 saturated carbocycles. The molecule has 0 amide bonds. The van der Waals surface area contributed by atoms with E-state index in [9.17, 15) is 0 Å². The van der Waals surface area contributed by atoms with Gasteiger partial charge in [-0.1, -0.05) is 30.3 Å². The maximum atomic E-state index is 6.30. The summed E-state index contributed by atoms with van der Waals surface area (Å²) in [6.45, 7) is 8.74. The van der Waals surface area contributed by atoms with E-state index in [-0.39, 0.29) is 23.5 Å². The quantitative estimate of drug-likeness (QED) is 0.803. The van der Waals surface area contributed by atoms with Crippen LogP contribution in [0.1, 0.15) is 49.9 Å². The van der Waals surface area contributed by atoms with E-state index >= 15 is 0 Å². The van der Waals surface area contributed by atoms with Gasteiger partial charge in [-0.3, -0.25) is 4.99 Å². The number of anilines is 1. The van der Waals surface area contributed by atoms with Gasteiger partial charge >= 0.3 is 0 Å². The molecule has 0 spiro atoms. The molecule has 0 bridgehead atoms. The van der Waals surface area contributed by atoms with Gasteiger partial charge in [-0.25, -0.2) is 0 Å². The Kier molecular flexibility index (Phi) is 4.56. The summed E-state index contributed by atoms with van der Waals surface area (Å²) in [5.74, 6) is 0.995. The second-order valence-electron chi connectivity index (χ2n) is 8.37. The van der Waals surface area contributed by atoms with Crippen LogP contribution >= 0.6 is 12.4 Å². The van der Waals surface area contributed by atoms with Crippen LogP contribution in [-0.2, 0) is 12.8 Å². The van der Waals surface area contributed by atoms with Crippen LogP contribution in [0.4, 0.5) is 5.69 Å². The number of halogens is 1. The zero-order valence-electron chi connectivity index (χ0n) is 16.1. The predicted molar refractivity (Wildman–Crippen MR) is 112 cm³/mol. The number of rotatable bonds is 2. The summed E-state index contributed by atoms with van der Waals surface area (Å²) >= 11 is 0. The normalized spacial score (nSPS) is 18.7. The zero-order valence-corrected chi connectivity index (χ0v) is 17.0. The van der Waals surface area contributed by atoms with Crippen molar-refractivity contribution in [1.29, 1.82) is 0 Å². The third-order valence-electron chi connectivity index (χ3n) is 5.03. The highest BCUT2D eigenvalue weighted by Gasteiger charge is 2.39. The van der Waals surface area contributed by atoms with Crippen LogP contribution in [0.5, 0.6) is 5.75 Å². The van der Waals surface area contributed by atoms with Crippen LogP contribution in [0.25, 0.3) is 0 Å². The third-order valence-corrected chi connectivity index (χ3v) is 5.03. The van der Waals surface area contributed by atoms with Crippen LogP contribution in [0.2, 0.25) is 0 Å². The largest absolute Gasteiger partial charge is 0.485 e. The average Bonchev–Trinajstić information content (AvgIpc) is 2.88. The first-order chi connectivity index (χ1) is 11.8. The van der Waals surface area contributed by atoms with E-state index in [0.29, 0.717) is 0 Å². The van der Waals surface area contributed by atoms with Gasteiger partial charge in [-0.15, -0.1) is 12.4 Å². The number of benzene rings is 2. The lowest BCUT2D eigenvalue weighted by Gasteiger charge is -2.31. The van der Waals surface area contributed by atoms with Crippen molar-refractivity contribution in [3.63, 3.8) is 0 Å². The molecule has 0 saturated heterocycles. The summed E-state index contributed by atoms with van der Waals surface area (Å²) in [5.41, 5.74) is 7.03.